The van der Waals surface area contributed by atoms with Gasteiger partial charge >= 0.3 is 0 Å². The first-order valence-corrected chi connectivity index (χ1v) is 6.24. The summed E-state index contributed by atoms with van der Waals surface area (Å²) in [5, 5.41) is 0. The standard InChI is InChI=1S/C12H16BrNO/c13-11-8-9(6-7-14)4-5-12(11)15-10-2-1-3-10/h4-5,8,10H,1-3,6-7,14H2. The second-order valence-electron chi connectivity index (χ2n) is 3.97. The molecule has 0 heterocycles. The van der Waals surface area contributed by atoms with Crippen LogP contribution < -0.4 is 10.5 Å². The summed E-state index contributed by atoms with van der Waals surface area (Å²) in [6.07, 6.45) is 5.03. The Labute approximate surface area is 98.9 Å². The SMILES string of the molecule is NCCc1ccc(OC2CCC2)c(Br)c1. The molecule has 2 nitrogen and oxygen atoms in total. The van der Waals surface area contributed by atoms with Gasteiger partial charge in [0.2, 0.25) is 0 Å². The van der Waals surface area contributed by atoms with Gasteiger partial charge in [0, 0.05) is 0 Å². The van der Waals surface area contributed by atoms with Crippen molar-refractivity contribution in [2.75, 3.05) is 6.54 Å². The zero-order valence-corrected chi connectivity index (χ0v) is 10.3. The number of rotatable bonds is 4. The third kappa shape index (κ3) is 2.73. The molecule has 0 spiro atoms. The first kappa shape index (κ1) is 11.0. The van der Waals surface area contributed by atoms with Gasteiger partial charge in [-0.1, -0.05) is 6.07 Å². The molecule has 0 aliphatic heterocycles. The quantitative estimate of drug-likeness (QED) is 0.913. The highest BCUT2D eigenvalue weighted by Crippen LogP contribution is 2.31. The van der Waals surface area contributed by atoms with E-state index < -0.39 is 0 Å². The molecule has 1 saturated carbocycles. The van der Waals surface area contributed by atoms with Crippen molar-refractivity contribution in [2.45, 2.75) is 31.8 Å². The van der Waals surface area contributed by atoms with Crippen molar-refractivity contribution in [1.82, 2.24) is 0 Å². The van der Waals surface area contributed by atoms with E-state index in [9.17, 15) is 0 Å². The van der Waals surface area contributed by atoms with Crippen LogP contribution in [0, 0.1) is 0 Å². The summed E-state index contributed by atoms with van der Waals surface area (Å²) in [6, 6.07) is 6.22. The third-order valence-electron chi connectivity index (χ3n) is 2.78. The van der Waals surface area contributed by atoms with Crippen molar-refractivity contribution in [3.05, 3.63) is 28.2 Å². The van der Waals surface area contributed by atoms with E-state index in [0.717, 1.165) is 16.6 Å². The van der Waals surface area contributed by atoms with Crippen LogP contribution in [0.3, 0.4) is 0 Å². The molecule has 0 saturated heterocycles. The Morgan fingerprint density at radius 2 is 2.20 bits per heavy atom. The first-order chi connectivity index (χ1) is 7.29. The van der Waals surface area contributed by atoms with Crippen molar-refractivity contribution in [2.24, 2.45) is 5.73 Å². The summed E-state index contributed by atoms with van der Waals surface area (Å²) >= 11 is 3.53. The first-order valence-electron chi connectivity index (χ1n) is 5.45. The number of benzene rings is 1. The number of halogens is 1. The van der Waals surface area contributed by atoms with Gasteiger partial charge in [0.25, 0.3) is 0 Å². The maximum Gasteiger partial charge on any atom is 0.133 e. The summed E-state index contributed by atoms with van der Waals surface area (Å²) in [5.41, 5.74) is 6.77. The highest BCUT2D eigenvalue weighted by Gasteiger charge is 2.19. The molecule has 15 heavy (non-hydrogen) atoms. The minimum absolute atomic E-state index is 0.432. The maximum atomic E-state index is 5.84. The molecule has 1 aromatic rings. The third-order valence-corrected chi connectivity index (χ3v) is 3.39. The summed E-state index contributed by atoms with van der Waals surface area (Å²) < 4.78 is 6.88. The van der Waals surface area contributed by atoms with E-state index in [4.69, 9.17) is 10.5 Å². The predicted molar refractivity (Wildman–Crippen MR) is 65.2 cm³/mol. The van der Waals surface area contributed by atoms with E-state index in [1.807, 2.05) is 6.07 Å². The van der Waals surface area contributed by atoms with Gasteiger partial charge in [0.1, 0.15) is 5.75 Å². The van der Waals surface area contributed by atoms with Crippen molar-refractivity contribution < 1.29 is 4.74 Å². The van der Waals surface area contributed by atoms with Crippen LogP contribution in [0.1, 0.15) is 24.8 Å². The van der Waals surface area contributed by atoms with Crippen LogP contribution in [0.2, 0.25) is 0 Å². The Balaban J connectivity index is 2.04. The number of nitrogens with two attached hydrogens (primary N) is 1. The lowest BCUT2D eigenvalue weighted by molar-refractivity contribution is 0.119. The fourth-order valence-electron chi connectivity index (χ4n) is 1.63. The topological polar surface area (TPSA) is 35.2 Å². The lowest BCUT2D eigenvalue weighted by Gasteiger charge is -2.27. The second kappa shape index (κ2) is 4.99. The molecule has 1 aromatic carbocycles. The van der Waals surface area contributed by atoms with Gasteiger partial charge in [-0.2, -0.15) is 0 Å². The van der Waals surface area contributed by atoms with Crippen molar-refractivity contribution >= 4 is 15.9 Å². The molecule has 0 unspecified atom stereocenters. The number of hydrogen-bond donors (Lipinski definition) is 1. The van der Waals surface area contributed by atoms with E-state index in [2.05, 4.69) is 28.1 Å². The van der Waals surface area contributed by atoms with Gasteiger partial charge in [0.15, 0.2) is 0 Å². The summed E-state index contributed by atoms with van der Waals surface area (Å²) in [5.74, 6) is 0.959. The maximum absolute atomic E-state index is 5.84. The van der Waals surface area contributed by atoms with Crippen LogP contribution in [0.15, 0.2) is 22.7 Å². The van der Waals surface area contributed by atoms with Crippen LogP contribution in [0.4, 0.5) is 0 Å². The van der Waals surface area contributed by atoms with Crippen LogP contribution in [0.5, 0.6) is 5.75 Å². The Kier molecular flexibility index (Phi) is 3.65. The molecule has 2 rings (SSSR count). The van der Waals surface area contributed by atoms with Crippen molar-refractivity contribution in [1.29, 1.82) is 0 Å². The van der Waals surface area contributed by atoms with E-state index in [1.165, 1.54) is 24.8 Å². The summed E-state index contributed by atoms with van der Waals surface area (Å²) in [6.45, 7) is 0.690. The second-order valence-corrected chi connectivity index (χ2v) is 4.83. The Morgan fingerprint density at radius 3 is 2.73 bits per heavy atom. The fraction of sp³-hybridized carbons (Fsp3) is 0.500. The van der Waals surface area contributed by atoms with Gasteiger partial charge in [-0.25, -0.2) is 0 Å². The zero-order chi connectivity index (χ0) is 10.7. The molecule has 0 amide bonds. The van der Waals surface area contributed by atoms with Crippen LogP contribution in [-0.4, -0.2) is 12.6 Å². The van der Waals surface area contributed by atoms with E-state index >= 15 is 0 Å². The van der Waals surface area contributed by atoms with Crippen molar-refractivity contribution in [3.63, 3.8) is 0 Å². The monoisotopic (exact) mass is 269 g/mol. The van der Waals surface area contributed by atoms with Crippen LogP contribution in [0.25, 0.3) is 0 Å². The minimum Gasteiger partial charge on any atom is -0.489 e. The predicted octanol–water partition coefficient (Wildman–Crippen LogP) is 2.88. The van der Waals surface area contributed by atoms with E-state index in [-0.39, 0.29) is 0 Å². The Bertz CT molecular complexity index is 336. The smallest absolute Gasteiger partial charge is 0.133 e. The summed E-state index contributed by atoms with van der Waals surface area (Å²) in [4.78, 5) is 0. The lowest BCUT2D eigenvalue weighted by atomic mass is 9.96. The number of hydrogen-bond acceptors (Lipinski definition) is 2. The average Bonchev–Trinajstić information content (AvgIpc) is 2.14. The fourth-order valence-corrected chi connectivity index (χ4v) is 2.15. The zero-order valence-electron chi connectivity index (χ0n) is 8.71. The van der Waals surface area contributed by atoms with Gasteiger partial charge < -0.3 is 10.5 Å². The van der Waals surface area contributed by atoms with Crippen LogP contribution in [-0.2, 0) is 6.42 Å². The molecular formula is C12H16BrNO. The Morgan fingerprint density at radius 1 is 1.40 bits per heavy atom. The molecule has 1 aliphatic carbocycles. The highest BCUT2D eigenvalue weighted by molar-refractivity contribution is 9.10. The highest BCUT2D eigenvalue weighted by atomic mass is 79.9. The van der Waals surface area contributed by atoms with Gasteiger partial charge in [-0.15, -0.1) is 0 Å². The normalized spacial score (nSPS) is 16.1. The molecule has 0 radical (unpaired) electrons. The number of ether oxygens (including phenoxy) is 1. The molecule has 0 aromatic heterocycles. The van der Waals surface area contributed by atoms with Gasteiger partial charge in [-0.05, 0) is 65.9 Å². The summed E-state index contributed by atoms with van der Waals surface area (Å²) in [7, 11) is 0. The van der Waals surface area contributed by atoms with Gasteiger partial charge in [-0.3, -0.25) is 0 Å². The molecule has 3 heteroatoms. The minimum atomic E-state index is 0.432. The average molecular weight is 270 g/mol. The molecule has 2 N–H and O–H groups in total. The Hall–Kier alpha value is -0.540. The largest absolute Gasteiger partial charge is 0.489 e. The van der Waals surface area contributed by atoms with E-state index in [1.54, 1.807) is 0 Å². The molecular weight excluding hydrogens is 254 g/mol. The molecule has 82 valence electrons. The van der Waals surface area contributed by atoms with E-state index in [0.29, 0.717) is 12.6 Å². The molecule has 0 atom stereocenters. The molecule has 0 bridgehead atoms. The van der Waals surface area contributed by atoms with Gasteiger partial charge in [0.05, 0.1) is 10.6 Å². The molecule has 1 fully saturated rings. The molecule has 1 aliphatic rings. The van der Waals surface area contributed by atoms with Crippen LogP contribution >= 0.6 is 15.9 Å². The lowest BCUT2D eigenvalue weighted by Crippen LogP contribution is -2.24. The van der Waals surface area contributed by atoms with Crippen molar-refractivity contribution in [3.8, 4) is 5.75 Å².